The summed E-state index contributed by atoms with van der Waals surface area (Å²) in [7, 11) is 0. The molecule has 0 bridgehead atoms. The maximum absolute atomic E-state index is 12.0. The van der Waals surface area contributed by atoms with E-state index in [1.807, 2.05) is 6.92 Å². The van der Waals surface area contributed by atoms with Crippen LogP contribution in [0.4, 0.5) is 0 Å². The zero-order valence-corrected chi connectivity index (χ0v) is 22.8. The molecule has 0 radical (unpaired) electrons. The smallest absolute Gasteiger partial charge is 0.308 e. The van der Waals surface area contributed by atoms with Crippen LogP contribution in [0.2, 0.25) is 0 Å². The average molecular weight is 469 g/mol. The van der Waals surface area contributed by atoms with Crippen molar-refractivity contribution in [1.82, 2.24) is 0 Å². The fraction of sp³-hybridized carbons (Fsp3) is 0.931. The van der Waals surface area contributed by atoms with Gasteiger partial charge in [0.1, 0.15) is 0 Å². The molecule has 0 aromatic heterocycles. The van der Waals surface area contributed by atoms with Crippen molar-refractivity contribution in [3.05, 3.63) is 0 Å². The molecule has 0 aliphatic carbocycles. The summed E-state index contributed by atoms with van der Waals surface area (Å²) in [6.45, 7) is 12.0. The van der Waals surface area contributed by atoms with E-state index >= 15 is 0 Å². The largest absolute Gasteiger partial charge is 0.466 e. The molecule has 1 unspecified atom stereocenters. The van der Waals surface area contributed by atoms with E-state index in [0.29, 0.717) is 31.5 Å². The van der Waals surface area contributed by atoms with Crippen LogP contribution in [0, 0.1) is 17.8 Å². The van der Waals surface area contributed by atoms with Crippen LogP contribution >= 0.6 is 0 Å². The van der Waals surface area contributed by atoms with Crippen molar-refractivity contribution in [3.63, 3.8) is 0 Å². The minimum atomic E-state index is -0.0216. The van der Waals surface area contributed by atoms with Gasteiger partial charge in [0.15, 0.2) is 0 Å². The summed E-state index contributed by atoms with van der Waals surface area (Å²) in [4.78, 5) is 23.7. The Hall–Kier alpha value is -1.06. The number of hydrogen-bond acceptors (Lipinski definition) is 4. The maximum atomic E-state index is 12.0. The maximum Gasteiger partial charge on any atom is 0.308 e. The first kappa shape index (κ1) is 31.9. The molecule has 0 aliphatic heterocycles. The lowest BCUT2D eigenvalue weighted by atomic mass is 10.0. The highest BCUT2D eigenvalue weighted by molar-refractivity contribution is 5.71. The second-order valence-corrected chi connectivity index (χ2v) is 10.8. The van der Waals surface area contributed by atoms with Gasteiger partial charge >= 0.3 is 11.9 Å². The van der Waals surface area contributed by atoms with E-state index in [9.17, 15) is 9.59 Å². The van der Waals surface area contributed by atoms with Gasteiger partial charge in [-0.15, -0.1) is 0 Å². The van der Waals surface area contributed by atoms with Crippen molar-refractivity contribution in [2.45, 2.75) is 144 Å². The topological polar surface area (TPSA) is 52.6 Å². The molecule has 0 spiro atoms. The number of unbranched alkanes of at least 4 members (excludes halogenated alkanes) is 10. The van der Waals surface area contributed by atoms with Gasteiger partial charge in [-0.25, -0.2) is 0 Å². The molecule has 0 fully saturated rings. The molecule has 0 aromatic carbocycles. The molecule has 0 N–H and O–H groups in total. The summed E-state index contributed by atoms with van der Waals surface area (Å²) >= 11 is 0. The van der Waals surface area contributed by atoms with Crippen LogP contribution in [0.15, 0.2) is 0 Å². The zero-order chi connectivity index (χ0) is 24.7. The minimum Gasteiger partial charge on any atom is -0.466 e. The monoisotopic (exact) mass is 468 g/mol. The highest BCUT2D eigenvalue weighted by Gasteiger charge is 2.13. The van der Waals surface area contributed by atoms with Crippen molar-refractivity contribution in [2.24, 2.45) is 17.8 Å². The number of carbonyl (C=O) groups is 2. The summed E-state index contributed by atoms with van der Waals surface area (Å²) in [6, 6.07) is 0. The summed E-state index contributed by atoms with van der Waals surface area (Å²) in [6.07, 6.45) is 19.2. The van der Waals surface area contributed by atoms with Crippen LogP contribution in [0.25, 0.3) is 0 Å². The Morgan fingerprint density at radius 3 is 1.42 bits per heavy atom. The average Bonchev–Trinajstić information content (AvgIpc) is 2.76. The molecule has 0 saturated carbocycles. The lowest BCUT2D eigenvalue weighted by Crippen LogP contribution is -2.15. The zero-order valence-electron chi connectivity index (χ0n) is 22.8. The standard InChI is InChI=1S/C29H56O4/c1-25(2)19-17-23-32-28(30)22-16-14-12-10-8-6-7-9-11-13-15-21-27(5)29(31)33-24-18-20-26(3)4/h25-27H,6-24H2,1-5H3. The molecule has 0 aliphatic rings. The summed E-state index contributed by atoms with van der Waals surface area (Å²) in [5.74, 6) is 1.35. The quantitative estimate of drug-likeness (QED) is 0.111. The number of carbonyl (C=O) groups excluding carboxylic acids is 2. The van der Waals surface area contributed by atoms with Gasteiger partial charge in [0.25, 0.3) is 0 Å². The fourth-order valence-corrected chi connectivity index (χ4v) is 3.99. The Balaban J connectivity index is 3.33. The van der Waals surface area contributed by atoms with Gasteiger partial charge in [-0.3, -0.25) is 9.59 Å². The molecule has 1 atom stereocenters. The Morgan fingerprint density at radius 2 is 0.939 bits per heavy atom. The first-order chi connectivity index (χ1) is 15.8. The molecule has 4 heteroatoms. The van der Waals surface area contributed by atoms with Gasteiger partial charge in [0.05, 0.1) is 19.1 Å². The normalized spacial score (nSPS) is 12.3. The van der Waals surface area contributed by atoms with Crippen LogP contribution in [0.1, 0.15) is 144 Å². The Kier molecular flexibility index (Phi) is 22.0. The van der Waals surface area contributed by atoms with Gasteiger partial charge in [-0.05, 0) is 50.4 Å². The van der Waals surface area contributed by atoms with Crippen molar-refractivity contribution in [2.75, 3.05) is 13.2 Å². The van der Waals surface area contributed by atoms with Crippen LogP contribution in [0.5, 0.6) is 0 Å². The number of hydrogen-bond donors (Lipinski definition) is 0. The molecule has 33 heavy (non-hydrogen) atoms. The summed E-state index contributed by atoms with van der Waals surface area (Å²) in [5, 5.41) is 0. The Labute approximate surface area is 206 Å². The number of rotatable bonds is 23. The predicted octanol–water partition coefficient (Wildman–Crippen LogP) is 8.65. The van der Waals surface area contributed by atoms with Crippen molar-refractivity contribution < 1.29 is 19.1 Å². The molecule has 0 heterocycles. The molecule has 4 nitrogen and oxygen atoms in total. The Morgan fingerprint density at radius 1 is 0.515 bits per heavy atom. The highest BCUT2D eigenvalue weighted by Crippen LogP contribution is 2.16. The third kappa shape index (κ3) is 23.9. The van der Waals surface area contributed by atoms with Crippen molar-refractivity contribution in [1.29, 1.82) is 0 Å². The number of ether oxygens (including phenoxy) is 2. The van der Waals surface area contributed by atoms with Gasteiger partial charge in [0, 0.05) is 6.42 Å². The molecule has 196 valence electrons. The van der Waals surface area contributed by atoms with Crippen LogP contribution < -0.4 is 0 Å². The van der Waals surface area contributed by atoms with E-state index in [1.165, 1.54) is 51.4 Å². The summed E-state index contributed by atoms with van der Waals surface area (Å²) in [5.41, 5.74) is 0. The van der Waals surface area contributed by atoms with Gasteiger partial charge < -0.3 is 9.47 Å². The first-order valence-corrected chi connectivity index (χ1v) is 14.1. The fourth-order valence-electron chi connectivity index (χ4n) is 3.99. The van der Waals surface area contributed by atoms with E-state index in [-0.39, 0.29) is 17.9 Å². The lowest BCUT2D eigenvalue weighted by molar-refractivity contribution is -0.148. The molecular formula is C29H56O4. The van der Waals surface area contributed by atoms with Crippen LogP contribution in [-0.4, -0.2) is 25.2 Å². The van der Waals surface area contributed by atoms with E-state index < -0.39 is 0 Å². The molecule has 0 aromatic rings. The van der Waals surface area contributed by atoms with Gasteiger partial charge in [0.2, 0.25) is 0 Å². The van der Waals surface area contributed by atoms with E-state index in [0.717, 1.165) is 51.4 Å². The molecular weight excluding hydrogens is 412 g/mol. The van der Waals surface area contributed by atoms with Crippen LogP contribution in [-0.2, 0) is 19.1 Å². The third-order valence-electron chi connectivity index (χ3n) is 6.28. The predicted molar refractivity (Wildman–Crippen MR) is 139 cm³/mol. The van der Waals surface area contributed by atoms with Gasteiger partial charge in [-0.1, -0.05) is 98.8 Å². The molecule has 0 saturated heterocycles. The number of esters is 2. The molecule has 0 rings (SSSR count). The molecule has 0 amide bonds. The lowest BCUT2D eigenvalue weighted by Gasteiger charge is -2.12. The van der Waals surface area contributed by atoms with Crippen molar-refractivity contribution in [3.8, 4) is 0 Å². The van der Waals surface area contributed by atoms with Gasteiger partial charge in [-0.2, -0.15) is 0 Å². The second-order valence-electron chi connectivity index (χ2n) is 10.8. The first-order valence-electron chi connectivity index (χ1n) is 14.1. The van der Waals surface area contributed by atoms with Crippen molar-refractivity contribution >= 4 is 11.9 Å². The van der Waals surface area contributed by atoms with E-state index in [2.05, 4.69) is 27.7 Å². The second kappa shape index (κ2) is 22.7. The third-order valence-corrected chi connectivity index (χ3v) is 6.28. The minimum absolute atomic E-state index is 0.0164. The van der Waals surface area contributed by atoms with Crippen LogP contribution in [0.3, 0.4) is 0 Å². The van der Waals surface area contributed by atoms with E-state index in [1.54, 1.807) is 0 Å². The summed E-state index contributed by atoms with van der Waals surface area (Å²) < 4.78 is 10.7. The highest BCUT2D eigenvalue weighted by atomic mass is 16.5. The van der Waals surface area contributed by atoms with E-state index in [4.69, 9.17) is 9.47 Å². The SMILES string of the molecule is CC(C)CCCOC(=O)CCCCCCCCCCCCCC(C)C(=O)OCCCC(C)C. The Bertz CT molecular complexity index is 459.